The summed E-state index contributed by atoms with van der Waals surface area (Å²) in [5.74, 6) is 0.336. The van der Waals surface area contributed by atoms with E-state index in [9.17, 15) is 4.79 Å². The van der Waals surface area contributed by atoms with Crippen LogP contribution in [0.1, 0.15) is 16.1 Å². The molecular weight excluding hydrogens is 436 g/mol. The molecule has 26 heavy (non-hydrogen) atoms. The summed E-state index contributed by atoms with van der Waals surface area (Å²) >= 11 is 6.35. The SMILES string of the molecule is COc1ccc(Br)cc1-c1nc(COC(=O)c2cccnc2SC)cs1. The van der Waals surface area contributed by atoms with Crippen molar-refractivity contribution in [3.8, 4) is 16.3 Å². The van der Waals surface area contributed by atoms with E-state index in [2.05, 4.69) is 25.9 Å². The number of methoxy groups -OCH3 is 1. The molecule has 134 valence electrons. The third-order valence-corrected chi connectivity index (χ3v) is 5.61. The van der Waals surface area contributed by atoms with Crippen molar-refractivity contribution in [1.82, 2.24) is 9.97 Å². The highest BCUT2D eigenvalue weighted by Gasteiger charge is 2.15. The van der Waals surface area contributed by atoms with Crippen LogP contribution in [0.4, 0.5) is 0 Å². The predicted molar refractivity (Wildman–Crippen MR) is 107 cm³/mol. The summed E-state index contributed by atoms with van der Waals surface area (Å²) in [4.78, 5) is 21.0. The molecule has 0 aliphatic carbocycles. The quantitative estimate of drug-likeness (QED) is 0.386. The van der Waals surface area contributed by atoms with Gasteiger partial charge in [0.25, 0.3) is 0 Å². The number of thiazole rings is 1. The number of pyridine rings is 1. The van der Waals surface area contributed by atoms with E-state index in [1.54, 1.807) is 25.4 Å². The fourth-order valence-corrected chi connectivity index (χ4v) is 3.99. The van der Waals surface area contributed by atoms with Crippen molar-refractivity contribution in [2.24, 2.45) is 0 Å². The van der Waals surface area contributed by atoms with Gasteiger partial charge in [-0.25, -0.2) is 14.8 Å². The van der Waals surface area contributed by atoms with Gasteiger partial charge in [0.1, 0.15) is 22.4 Å². The number of carbonyl (C=O) groups excluding carboxylic acids is 1. The Morgan fingerprint density at radius 3 is 2.96 bits per heavy atom. The zero-order valence-corrected chi connectivity index (χ0v) is 17.3. The smallest absolute Gasteiger partial charge is 0.341 e. The third-order valence-electron chi connectivity index (χ3n) is 3.48. The van der Waals surface area contributed by atoms with Gasteiger partial charge in [-0.05, 0) is 36.6 Å². The van der Waals surface area contributed by atoms with Gasteiger partial charge in [-0.15, -0.1) is 23.1 Å². The van der Waals surface area contributed by atoms with Crippen molar-refractivity contribution in [3.63, 3.8) is 0 Å². The minimum absolute atomic E-state index is 0.106. The van der Waals surface area contributed by atoms with E-state index >= 15 is 0 Å². The first-order chi connectivity index (χ1) is 12.6. The van der Waals surface area contributed by atoms with Gasteiger partial charge in [0, 0.05) is 16.0 Å². The molecule has 2 heterocycles. The molecule has 0 spiro atoms. The van der Waals surface area contributed by atoms with Gasteiger partial charge in [-0.2, -0.15) is 0 Å². The summed E-state index contributed by atoms with van der Waals surface area (Å²) < 4.78 is 11.7. The van der Waals surface area contributed by atoms with E-state index in [1.807, 2.05) is 29.8 Å². The van der Waals surface area contributed by atoms with Crippen LogP contribution < -0.4 is 4.74 Å². The number of hydrogen-bond donors (Lipinski definition) is 0. The number of nitrogens with zero attached hydrogens (tertiary/aromatic N) is 2. The standard InChI is InChI=1S/C18H15BrN2O3S2/c1-23-15-6-5-11(19)8-14(15)17-21-12(10-26-17)9-24-18(22)13-4-3-7-20-16(13)25-2/h3-8,10H,9H2,1-2H3. The molecule has 0 aliphatic heterocycles. The molecule has 0 atom stereocenters. The normalized spacial score (nSPS) is 10.6. The molecule has 3 aromatic rings. The zero-order chi connectivity index (χ0) is 18.5. The summed E-state index contributed by atoms with van der Waals surface area (Å²) in [7, 11) is 1.63. The van der Waals surface area contributed by atoms with Crippen molar-refractivity contribution in [3.05, 3.63) is 57.6 Å². The Balaban J connectivity index is 1.73. The molecular formula is C18H15BrN2O3S2. The lowest BCUT2D eigenvalue weighted by molar-refractivity contribution is 0.0463. The van der Waals surface area contributed by atoms with E-state index in [1.165, 1.54) is 23.1 Å². The van der Waals surface area contributed by atoms with Crippen LogP contribution in [-0.2, 0) is 11.3 Å². The van der Waals surface area contributed by atoms with E-state index in [4.69, 9.17) is 9.47 Å². The molecule has 0 bridgehead atoms. The molecule has 5 nitrogen and oxygen atoms in total. The highest BCUT2D eigenvalue weighted by Crippen LogP contribution is 2.34. The predicted octanol–water partition coefficient (Wildman–Crippen LogP) is 5.06. The molecule has 8 heteroatoms. The average molecular weight is 451 g/mol. The summed E-state index contributed by atoms with van der Waals surface area (Å²) in [6.07, 6.45) is 3.53. The molecule has 0 unspecified atom stereocenters. The second-order valence-corrected chi connectivity index (χ2v) is 7.69. The van der Waals surface area contributed by atoms with Crippen LogP contribution in [0, 0.1) is 0 Å². The van der Waals surface area contributed by atoms with Gasteiger partial charge in [0.2, 0.25) is 0 Å². The average Bonchev–Trinajstić information content (AvgIpc) is 3.15. The molecule has 0 saturated heterocycles. The van der Waals surface area contributed by atoms with Crippen molar-refractivity contribution >= 4 is 45.0 Å². The fraction of sp³-hybridized carbons (Fsp3) is 0.167. The van der Waals surface area contributed by atoms with Crippen molar-refractivity contribution < 1.29 is 14.3 Å². The fourth-order valence-electron chi connectivity index (χ4n) is 2.27. The lowest BCUT2D eigenvalue weighted by Crippen LogP contribution is -2.07. The maximum Gasteiger partial charge on any atom is 0.341 e. The zero-order valence-electron chi connectivity index (χ0n) is 14.1. The lowest BCUT2D eigenvalue weighted by atomic mass is 10.2. The first kappa shape index (κ1) is 18.9. The van der Waals surface area contributed by atoms with Gasteiger partial charge in [0.15, 0.2) is 0 Å². The van der Waals surface area contributed by atoms with Crippen molar-refractivity contribution in [1.29, 1.82) is 0 Å². The first-order valence-corrected chi connectivity index (χ1v) is 10.5. The number of rotatable bonds is 6. The number of hydrogen-bond acceptors (Lipinski definition) is 7. The minimum atomic E-state index is -0.406. The third kappa shape index (κ3) is 4.25. The van der Waals surface area contributed by atoms with Crippen LogP contribution in [0.15, 0.2) is 51.4 Å². The van der Waals surface area contributed by atoms with E-state index < -0.39 is 5.97 Å². The Kier molecular flexibility index (Phi) is 6.29. The van der Waals surface area contributed by atoms with Crippen LogP contribution in [0.2, 0.25) is 0 Å². The Morgan fingerprint density at radius 2 is 2.19 bits per heavy atom. The van der Waals surface area contributed by atoms with Gasteiger partial charge in [-0.3, -0.25) is 0 Å². The number of esters is 1. The van der Waals surface area contributed by atoms with Crippen molar-refractivity contribution in [2.75, 3.05) is 13.4 Å². The van der Waals surface area contributed by atoms with E-state index in [0.29, 0.717) is 16.3 Å². The maximum atomic E-state index is 12.3. The van der Waals surface area contributed by atoms with Gasteiger partial charge in [-0.1, -0.05) is 15.9 Å². The topological polar surface area (TPSA) is 61.3 Å². The van der Waals surface area contributed by atoms with Crippen LogP contribution in [0.5, 0.6) is 5.75 Å². The first-order valence-electron chi connectivity index (χ1n) is 7.57. The Hall–Kier alpha value is -1.90. The molecule has 0 radical (unpaired) electrons. The lowest BCUT2D eigenvalue weighted by Gasteiger charge is -2.07. The molecule has 0 saturated carbocycles. The molecule has 0 aliphatic rings. The number of ether oxygens (including phenoxy) is 2. The summed E-state index contributed by atoms with van der Waals surface area (Å²) in [5, 5.41) is 3.33. The Morgan fingerprint density at radius 1 is 1.35 bits per heavy atom. The Labute approximate surface area is 167 Å². The molecule has 3 rings (SSSR count). The summed E-state index contributed by atoms with van der Waals surface area (Å²) in [6, 6.07) is 9.17. The molecule has 0 N–H and O–H groups in total. The monoisotopic (exact) mass is 450 g/mol. The van der Waals surface area contributed by atoms with Gasteiger partial charge < -0.3 is 9.47 Å². The highest BCUT2D eigenvalue weighted by atomic mass is 79.9. The van der Waals surface area contributed by atoms with Gasteiger partial charge in [0.05, 0.1) is 23.9 Å². The molecule has 1 aromatic carbocycles. The van der Waals surface area contributed by atoms with E-state index in [0.717, 1.165) is 20.8 Å². The second-order valence-electron chi connectivity index (χ2n) is 5.12. The minimum Gasteiger partial charge on any atom is -0.496 e. The molecule has 0 fully saturated rings. The van der Waals surface area contributed by atoms with Gasteiger partial charge >= 0.3 is 5.97 Å². The summed E-state index contributed by atoms with van der Waals surface area (Å²) in [5.41, 5.74) is 2.04. The molecule has 2 aromatic heterocycles. The summed E-state index contributed by atoms with van der Waals surface area (Å²) in [6.45, 7) is 0.106. The maximum absolute atomic E-state index is 12.3. The largest absolute Gasteiger partial charge is 0.496 e. The number of halogens is 1. The van der Waals surface area contributed by atoms with Crippen LogP contribution in [-0.4, -0.2) is 29.3 Å². The van der Waals surface area contributed by atoms with Crippen LogP contribution >= 0.6 is 39.0 Å². The van der Waals surface area contributed by atoms with Crippen LogP contribution in [0.3, 0.4) is 0 Å². The van der Waals surface area contributed by atoms with Crippen molar-refractivity contribution in [2.45, 2.75) is 11.6 Å². The van der Waals surface area contributed by atoms with Crippen LogP contribution in [0.25, 0.3) is 10.6 Å². The number of benzene rings is 1. The number of carbonyl (C=O) groups is 1. The Bertz CT molecular complexity index is 930. The number of thioether (sulfide) groups is 1. The number of aromatic nitrogens is 2. The second kappa shape index (κ2) is 8.66. The molecule has 0 amide bonds. The highest BCUT2D eigenvalue weighted by molar-refractivity contribution is 9.10. The van der Waals surface area contributed by atoms with E-state index in [-0.39, 0.29) is 6.61 Å².